The molecule has 0 saturated carbocycles. The van der Waals surface area contributed by atoms with Crippen LogP contribution in [0, 0.1) is 12.8 Å². The number of fused-ring (bicyclic) bond motifs is 1. The standard InChI is InChI=1S/C23H33N5O4/c1-4-15(2)22(30)27-9-5-6-19(27)18-14-20-24-16(3)17(23(31)28(20)25-18)7-8-21(29)26-10-12-32-13-11-26/h14-15,19,25H,4-13H2,1-3H3. The first kappa shape index (κ1) is 22.5. The number of nitrogens with zero attached hydrogens (tertiary/aromatic N) is 4. The number of H-pyrrole nitrogens is 1. The number of hydrogen-bond acceptors (Lipinski definition) is 5. The number of nitrogens with one attached hydrogen (secondary N) is 1. The number of aromatic amines is 1. The average Bonchev–Trinajstić information content (AvgIpc) is 3.45. The van der Waals surface area contributed by atoms with Gasteiger partial charge in [0.1, 0.15) is 0 Å². The molecule has 1 N–H and O–H groups in total. The van der Waals surface area contributed by atoms with Crippen molar-refractivity contribution in [3.05, 3.63) is 33.4 Å². The Bertz CT molecular complexity index is 1050. The molecule has 2 unspecified atom stereocenters. The largest absolute Gasteiger partial charge is 0.378 e. The molecular weight excluding hydrogens is 410 g/mol. The highest BCUT2D eigenvalue weighted by Gasteiger charge is 2.33. The van der Waals surface area contributed by atoms with Crippen LogP contribution in [0.25, 0.3) is 5.65 Å². The molecule has 0 aliphatic carbocycles. The van der Waals surface area contributed by atoms with Crippen LogP contribution in [0.5, 0.6) is 0 Å². The topological polar surface area (TPSA) is 100 Å². The van der Waals surface area contributed by atoms with Crippen molar-refractivity contribution in [3.8, 4) is 0 Å². The van der Waals surface area contributed by atoms with E-state index < -0.39 is 0 Å². The second kappa shape index (κ2) is 9.44. The quantitative estimate of drug-likeness (QED) is 0.734. The first-order valence-electron chi connectivity index (χ1n) is 11.7. The second-order valence-corrected chi connectivity index (χ2v) is 8.88. The van der Waals surface area contributed by atoms with Gasteiger partial charge in [0, 0.05) is 49.3 Å². The van der Waals surface area contributed by atoms with Crippen molar-refractivity contribution in [2.45, 2.75) is 58.9 Å². The fourth-order valence-corrected chi connectivity index (χ4v) is 4.66. The zero-order valence-corrected chi connectivity index (χ0v) is 19.2. The van der Waals surface area contributed by atoms with Crippen LogP contribution in [0.2, 0.25) is 0 Å². The average molecular weight is 444 g/mol. The van der Waals surface area contributed by atoms with E-state index in [1.54, 1.807) is 4.90 Å². The van der Waals surface area contributed by atoms with Gasteiger partial charge in [-0.05, 0) is 32.6 Å². The molecule has 2 amide bonds. The summed E-state index contributed by atoms with van der Waals surface area (Å²) in [5.41, 5.74) is 2.41. The summed E-state index contributed by atoms with van der Waals surface area (Å²) >= 11 is 0. The highest BCUT2D eigenvalue weighted by atomic mass is 16.5. The van der Waals surface area contributed by atoms with E-state index in [0.29, 0.717) is 49.6 Å². The number of amides is 2. The predicted molar refractivity (Wildman–Crippen MR) is 119 cm³/mol. The highest BCUT2D eigenvalue weighted by molar-refractivity contribution is 5.79. The first-order chi connectivity index (χ1) is 15.4. The number of hydrogen-bond donors (Lipinski definition) is 1. The van der Waals surface area contributed by atoms with E-state index in [1.165, 1.54) is 4.52 Å². The zero-order valence-electron chi connectivity index (χ0n) is 19.2. The predicted octanol–water partition coefficient (Wildman–Crippen LogP) is 1.83. The molecule has 4 rings (SSSR count). The summed E-state index contributed by atoms with van der Waals surface area (Å²) in [6.45, 7) is 8.85. The SMILES string of the molecule is CCC(C)C(=O)N1CCCC1c1cc2nc(C)c(CCC(=O)N3CCOCC3)c(=O)n2[nH]1. The van der Waals surface area contributed by atoms with Crippen LogP contribution in [0.15, 0.2) is 10.9 Å². The lowest BCUT2D eigenvalue weighted by Crippen LogP contribution is -2.41. The van der Waals surface area contributed by atoms with Crippen LogP contribution >= 0.6 is 0 Å². The molecule has 9 nitrogen and oxygen atoms in total. The molecule has 2 saturated heterocycles. The van der Waals surface area contributed by atoms with E-state index in [4.69, 9.17) is 4.74 Å². The van der Waals surface area contributed by atoms with Crippen LogP contribution in [0.1, 0.15) is 62.5 Å². The van der Waals surface area contributed by atoms with Gasteiger partial charge in [-0.2, -0.15) is 0 Å². The summed E-state index contributed by atoms with van der Waals surface area (Å²) in [4.78, 5) is 46.9. The van der Waals surface area contributed by atoms with E-state index >= 15 is 0 Å². The third kappa shape index (κ3) is 4.30. The number of likely N-dealkylation sites (tertiary alicyclic amines) is 1. The number of aromatic nitrogens is 3. The van der Waals surface area contributed by atoms with Crippen molar-refractivity contribution in [2.75, 3.05) is 32.8 Å². The van der Waals surface area contributed by atoms with Crippen LogP contribution in [0.3, 0.4) is 0 Å². The normalized spacial score (nSPS) is 20.2. The van der Waals surface area contributed by atoms with Crippen LogP contribution in [-0.2, 0) is 20.7 Å². The van der Waals surface area contributed by atoms with E-state index in [1.807, 2.05) is 31.7 Å². The minimum atomic E-state index is -0.175. The number of carbonyl (C=O) groups is 2. The lowest BCUT2D eigenvalue weighted by Gasteiger charge is -2.26. The Morgan fingerprint density at radius 3 is 2.75 bits per heavy atom. The maximum Gasteiger partial charge on any atom is 0.276 e. The van der Waals surface area contributed by atoms with Gasteiger partial charge in [-0.15, -0.1) is 0 Å². The van der Waals surface area contributed by atoms with Crippen molar-refractivity contribution in [3.63, 3.8) is 0 Å². The molecule has 32 heavy (non-hydrogen) atoms. The summed E-state index contributed by atoms with van der Waals surface area (Å²) in [5, 5.41) is 3.20. The maximum absolute atomic E-state index is 13.2. The minimum Gasteiger partial charge on any atom is -0.378 e. The van der Waals surface area contributed by atoms with Gasteiger partial charge in [0.2, 0.25) is 11.8 Å². The zero-order chi connectivity index (χ0) is 22.8. The van der Waals surface area contributed by atoms with Gasteiger partial charge in [-0.1, -0.05) is 13.8 Å². The summed E-state index contributed by atoms with van der Waals surface area (Å²) in [5.74, 6) is 0.181. The fraction of sp³-hybridized carbons (Fsp3) is 0.652. The van der Waals surface area contributed by atoms with Gasteiger partial charge < -0.3 is 14.5 Å². The Kier molecular flexibility index (Phi) is 6.64. The highest BCUT2D eigenvalue weighted by Crippen LogP contribution is 2.33. The molecule has 174 valence electrons. The molecule has 2 aliphatic rings. The second-order valence-electron chi connectivity index (χ2n) is 8.88. The third-order valence-electron chi connectivity index (χ3n) is 6.82. The molecule has 0 spiro atoms. The van der Waals surface area contributed by atoms with Crippen molar-refractivity contribution in [2.24, 2.45) is 5.92 Å². The van der Waals surface area contributed by atoms with Crippen molar-refractivity contribution < 1.29 is 14.3 Å². The van der Waals surface area contributed by atoms with Gasteiger partial charge >= 0.3 is 0 Å². The van der Waals surface area contributed by atoms with Crippen molar-refractivity contribution in [1.29, 1.82) is 0 Å². The number of morpholine rings is 1. The Morgan fingerprint density at radius 1 is 1.28 bits per heavy atom. The molecule has 4 heterocycles. The first-order valence-corrected chi connectivity index (χ1v) is 11.7. The molecule has 9 heteroatoms. The molecular formula is C23H33N5O4. The third-order valence-corrected chi connectivity index (χ3v) is 6.82. The van der Waals surface area contributed by atoms with Crippen molar-refractivity contribution >= 4 is 17.5 Å². The maximum atomic E-state index is 13.2. The van der Waals surface area contributed by atoms with Crippen LogP contribution in [0.4, 0.5) is 0 Å². The lowest BCUT2D eigenvalue weighted by molar-refractivity contribution is -0.136. The summed E-state index contributed by atoms with van der Waals surface area (Å²) in [7, 11) is 0. The number of aryl methyl sites for hydroxylation is 1. The Morgan fingerprint density at radius 2 is 2.03 bits per heavy atom. The van der Waals surface area contributed by atoms with Gasteiger partial charge in [0.15, 0.2) is 5.65 Å². The molecule has 2 aromatic heterocycles. The van der Waals surface area contributed by atoms with E-state index in [2.05, 4.69) is 10.1 Å². The van der Waals surface area contributed by atoms with Gasteiger partial charge in [-0.25, -0.2) is 9.50 Å². The fourth-order valence-electron chi connectivity index (χ4n) is 4.66. The molecule has 2 atom stereocenters. The smallest absolute Gasteiger partial charge is 0.276 e. The van der Waals surface area contributed by atoms with Gasteiger partial charge in [-0.3, -0.25) is 19.5 Å². The van der Waals surface area contributed by atoms with Crippen LogP contribution in [-0.4, -0.2) is 69.1 Å². The minimum absolute atomic E-state index is 0.0151. The van der Waals surface area contributed by atoms with E-state index in [0.717, 1.165) is 31.5 Å². The molecule has 2 aromatic rings. The summed E-state index contributed by atoms with van der Waals surface area (Å²) in [6, 6.07) is 1.81. The molecule has 0 bridgehead atoms. The molecule has 2 fully saturated rings. The Labute approximate surface area is 187 Å². The monoisotopic (exact) mass is 443 g/mol. The molecule has 0 radical (unpaired) electrons. The molecule has 0 aromatic carbocycles. The Balaban J connectivity index is 1.55. The summed E-state index contributed by atoms with van der Waals surface area (Å²) < 4.78 is 6.76. The summed E-state index contributed by atoms with van der Waals surface area (Å²) in [6.07, 6.45) is 3.24. The van der Waals surface area contributed by atoms with E-state index in [9.17, 15) is 14.4 Å². The Hall–Kier alpha value is -2.68. The van der Waals surface area contributed by atoms with Crippen molar-refractivity contribution in [1.82, 2.24) is 24.4 Å². The molecule has 2 aliphatic heterocycles. The lowest BCUT2D eigenvalue weighted by atomic mass is 10.1. The number of rotatable bonds is 6. The van der Waals surface area contributed by atoms with E-state index in [-0.39, 0.29) is 35.8 Å². The van der Waals surface area contributed by atoms with Crippen LogP contribution < -0.4 is 5.56 Å². The van der Waals surface area contributed by atoms with Gasteiger partial charge in [0.05, 0.1) is 24.9 Å². The number of ether oxygens (including phenoxy) is 1. The number of carbonyl (C=O) groups excluding carboxylic acids is 2. The van der Waals surface area contributed by atoms with Gasteiger partial charge in [0.25, 0.3) is 5.56 Å².